The van der Waals surface area contributed by atoms with Crippen LogP contribution in [-0.4, -0.2) is 51.2 Å². The van der Waals surface area contributed by atoms with E-state index in [2.05, 4.69) is 9.72 Å². The Kier molecular flexibility index (Phi) is 5.00. The Hall–Kier alpha value is -2.27. The van der Waals surface area contributed by atoms with Crippen molar-refractivity contribution in [3.8, 4) is 0 Å². The van der Waals surface area contributed by atoms with E-state index in [1.54, 1.807) is 0 Å². The second-order valence-electron chi connectivity index (χ2n) is 6.43. The minimum Gasteiger partial charge on any atom is -0.429 e. The first-order valence-electron chi connectivity index (χ1n) is 7.34. The number of alkyl halides is 2. The van der Waals surface area contributed by atoms with Crippen LogP contribution in [0, 0.1) is 0 Å². The molecule has 0 unspecified atom stereocenters. The van der Waals surface area contributed by atoms with Crippen LogP contribution in [0.5, 0.6) is 0 Å². The average Bonchev–Trinajstić information content (AvgIpc) is 2.69. The molecule has 1 aliphatic rings. The number of nitrogen functional groups attached to an aromatic ring is 1. The summed E-state index contributed by atoms with van der Waals surface area (Å²) in [6.45, 7) is 3.73. The van der Waals surface area contributed by atoms with Crippen molar-refractivity contribution in [1.29, 1.82) is 0 Å². The van der Waals surface area contributed by atoms with Crippen LogP contribution in [0.2, 0.25) is 0 Å². The van der Waals surface area contributed by atoms with Gasteiger partial charge in [-0.2, -0.15) is 13.8 Å². The zero-order valence-corrected chi connectivity index (χ0v) is 13.8. The summed E-state index contributed by atoms with van der Waals surface area (Å²) in [4.78, 5) is 26.8. The van der Waals surface area contributed by atoms with Gasteiger partial charge in [0, 0.05) is 6.20 Å². The molecule has 0 aliphatic carbocycles. The van der Waals surface area contributed by atoms with E-state index in [1.807, 2.05) is 0 Å². The summed E-state index contributed by atoms with van der Waals surface area (Å²) in [5, 5.41) is 9.28. The third-order valence-corrected chi connectivity index (χ3v) is 3.25. The minimum atomic E-state index is -3.83. The Morgan fingerprint density at radius 2 is 2.16 bits per heavy atom. The molecule has 2 heterocycles. The van der Waals surface area contributed by atoms with Crippen molar-refractivity contribution < 1.29 is 32.9 Å². The molecule has 0 amide bonds. The van der Waals surface area contributed by atoms with Crippen molar-refractivity contribution in [3.63, 3.8) is 0 Å². The van der Waals surface area contributed by atoms with Gasteiger partial charge in [-0.15, -0.1) is 0 Å². The summed E-state index contributed by atoms with van der Waals surface area (Å²) < 4.78 is 44.4. The van der Waals surface area contributed by atoms with Gasteiger partial charge in [0.2, 0.25) is 12.3 Å². The number of nitrogens with zero attached hydrogens (tertiary/aromatic N) is 2. The predicted octanol–water partition coefficient (Wildman–Crippen LogP) is 0.671. The number of aliphatic hydroxyl groups excluding tert-OH is 1. The summed E-state index contributed by atoms with van der Waals surface area (Å²) in [7, 11) is 0. The van der Waals surface area contributed by atoms with E-state index >= 15 is 0 Å². The van der Waals surface area contributed by atoms with Crippen LogP contribution < -0.4 is 11.4 Å². The Labute approximate surface area is 141 Å². The summed E-state index contributed by atoms with van der Waals surface area (Å²) in [6.07, 6.45) is -6.20. The third-order valence-electron chi connectivity index (χ3n) is 3.25. The normalized spacial score (nSPS) is 25.6. The SMILES string of the molecule is CC(C)(C)OC(=O)O[C@@H]1[C@@H](CO)O[C@@H](n2ccc(N)nc2=O)C1(F)F. The van der Waals surface area contributed by atoms with Crippen LogP contribution in [0.15, 0.2) is 17.1 Å². The number of ether oxygens (including phenoxy) is 3. The number of carbonyl (C=O) groups is 1. The van der Waals surface area contributed by atoms with E-state index in [-0.39, 0.29) is 5.82 Å². The topological polar surface area (TPSA) is 126 Å². The Morgan fingerprint density at radius 3 is 2.68 bits per heavy atom. The van der Waals surface area contributed by atoms with Gasteiger partial charge in [-0.3, -0.25) is 4.57 Å². The number of anilines is 1. The summed E-state index contributed by atoms with van der Waals surface area (Å²) in [5.41, 5.74) is 3.29. The molecule has 1 aliphatic heterocycles. The van der Waals surface area contributed by atoms with Crippen LogP contribution in [0.4, 0.5) is 19.4 Å². The number of halogens is 2. The number of aromatic nitrogens is 2. The predicted molar refractivity (Wildman–Crippen MR) is 80.0 cm³/mol. The van der Waals surface area contributed by atoms with Gasteiger partial charge in [-0.05, 0) is 26.8 Å². The fourth-order valence-electron chi connectivity index (χ4n) is 2.24. The fraction of sp³-hybridized carbons (Fsp3) is 0.643. The Balaban J connectivity index is 2.29. The second kappa shape index (κ2) is 6.56. The van der Waals surface area contributed by atoms with Gasteiger partial charge in [0.25, 0.3) is 0 Å². The smallest absolute Gasteiger partial charge is 0.429 e. The number of carbonyl (C=O) groups excluding carboxylic acids is 1. The molecule has 3 atom stereocenters. The molecule has 1 saturated heterocycles. The lowest BCUT2D eigenvalue weighted by Crippen LogP contribution is -2.45. The van der Waals surface area contributed by atoms with Gasteiger partial charge in [-0.1, -0.05) is 0 Å². The Morgan fingerprint density at radius 1 is 1.52 bits per heavy atom. The van der Waals surface area contributed by atoms with Crippen molar-refractivity contribution >= 4 is 12.0 Å². The molecule has 11 heteroatoms. The summed E-state index contributed by atoms with van der Waals surface area (Å²) in [5.74, 6) is -3.98. The molecule has 3 N–H and O–H groups in total. The molecule has 25 heavy (non-hydrogen) atoms. The van der Waals surface area contributed by atoms with E-state index in [4.69, 9.17) is 15.2 Å². The molecule has 9 nitrogen and oxygen atoms in total. The van der Waals surface area contributed by atoms with Crippen molar-refractivity contribution in [2.75, 3.05) is 12.3 Å². The number of hydrogen-bond donors (Lipinski definition) is 2. The third kappa shape index (κ3) is 4.04. The van der Waals surface area contributed by atoms with E-state index in [9.17, 15) is 23.5 Å². The summed E-state index contributed by atoms with van der Waals surface area (Å²) >= 11 is 0. The molecule has 1 aromatic rings. The lowest BCUT2D eigenvalue weighted by Gasteiger charge is -2.25. The highest BCUT2D eigenvalue weighted by molar-refractivity contribution is 5.61. The molecule has 1 aromatic heterocycles. The van der Waals surface area contributed by atoms with E-state index in [0.29, 0.717) is 4.57 Å². The number of nitrogens with two attached hydrogens (primary N) is 1. The van der Waals surface area contributed by atoms with Crippen molar-refractivity contribution in [1.82, 2.24) is 9.55 Å². The van der Waals surface area contributed by atoms with Crippen LogP contribution in [0.25, 0.3) is 0 Å². The molecular formula is C14H19F2N3O6. The lowest BCUT2D eigenvalue weighted by atomic mass is 10.1. The molecule has 1 fully saturated rings. The quantitative estimate of drug-likeness (QED) is 0.751. The van der Waals surface area contributed by atoms with Gasteiger partial charge in [-0.25, -0.2) is 9.59 Å². The van der Waals surface area contributed by atoms with Gasteiger partial charge in [0.15, 0.2) is 0 Å². The first-order chi connectivity index (χ1) is 11.5. The van der Waals surface area contributed by atoms with Crippen molar-refractivity contribution in [2.45, 2.75) is 50.7 Å². The van der Waals surface area contributed by atoms with Crippen LogP contribution in [0.3, 0.4) is 0 Å². The van der Waals surface area contributed by atoms with E-state index in [1.165, 1.54) is 20.8 Å². The highest BCUT2D eigenvalue weighted by Gasteiger charge is 2.62. The largest absolute Gasteiger partial charge is 0.509 e. The monoisotopic (exact) mass is 363 g/mol. The first kappa shape index (κ1) is 19.1. The first-order valence-corrected chi connectivity index (χ1v) is 7.34. The molecule has 140 valence electrons. The number of aliphatic hydroxyl groups is 1. The summed E-state index contributed by atoms with van der Waals surface area (Å²) in [6, 6.07) is 1.14. The zero-order valence-electron chi connectivity index (χ0n) is 13.8. The lowest BCUT2D eigenvalue weighted by molar-refractivity contribution is -0.149. The zero-order chi connectivity index (χ0) is 19.0. The molecule has 0 aromatic carbocycles. The molecular weight excluding hydrogens is 344 g/mol. The van der Waals surface area contributed by atoms with Gasteiger partial charge in [0.1, 0.15) is 17.5 Å². The maximum atomic E-state index is 14.7. The van der Waals surface area contributed by atoms with Crippen LogP contribution in [-0.2, 0) is 14.2 Å². The van der Waals surface area contributed by atoms with Gasteiger partial charge < -0.3 is 25.1 Å². The maximum Gasteiger partial charge on any atom is 0.509 e. The van der Waals surface area contributed by atoms with Crippen molar-refractivity contribution in [3.05, 3.63) is 22.7 Å². The van der Waals surface area contributed by atoms with Crippen LogP contribution >= 0.6 is 0 Å². The van der Waals surface area contributed by atoms with Gasteiger partial charge >= 0.3 is 17.8 Å². The average molecular weight is 363 g/mol. The Bertz CT molecular complexity index is 703. The molecule has 2 rings (SSSR count). The number of hydrogen-bond acceptors (Lipinski definition) is 8. The van der Waals surface area contributed by atoms with E-state index in [0.717, 1.165) is 12.3 Å². The van der Waals surface area contributed by atoms with E-state index < -0.39 is 48.4 Å². The fourth-order valence-corrected chi connectivity index (χ4v) is 2.24. The second-order valence-corrected chi connectivity index (χ2v) is 6.43. The highest BCUT2D eigenvalue weighted by Crippen LogP contribution is 2.44. The van der Waals surface area contributed by atoms with Crippen LogP contribution in [0.1, 0.15) is 27.0 Å². The van der Waals surface area contributed by atoms with Crippen molar-refractivity contribution in [2.24, 2.45) is 0 Å². The molecule has 0 saturated carbocycles. The molecule has 0 radical (unpaired) electrons. The maximum absolute atomic E-state index is 14.7. The number of rotatable bonds is 3. The molecule has 0 bridgehead atoms. The molecule has 0 spiro atoms. The highest BCUT2D eigenvalue weighted by atomic mass is 19.3. The van der Waals surface area contributed by atoms with Gasteiger partial charge in [0.05, 0.1) is 6.61 Å². The minimum absolute atomic E-state index is 0.150. The standard InChI is InChI=1S/C14H19F2N3O6/c1-13(2,3)25-12(22)24-9-7(6-20)23-10(14(9,15)16)19-5-4-8(17)18-11(19)21/h4-5,7,9-10,20H,6H2,1-3H3,(H2,17,18,21)/t7-,9-,10-/m1/s1.